The second kappa shape index (κ2) is 14.6. The fourth-order valence-electron chi connectivity index (χ4n) is 5.32. The summed E-state index contributed by atoms with van der Waals surface area (Å²) in [4.78, 5) is 12.7. The van der Waals surface area contributed by atoms with E-state index in [1.165, 1.54) is 0 Å². The first-order chi connectivity index (χ1) is 20.7. The molecule has 0 aromatic heterocycles. The molecule has 4 rings (SSSR count). The number of benzene rings is 3. The largest absolute Gasteiger partial charge is 0.490 e. The predicted molar refractivity (Wildman–Crippen MR) is 152 cm³/mol. The molecule has 0 aliphatic heterocycles. The molecule has 230 valence electrons. The molecule has 3 aromatic rings. The number of rotatable bonds is 11. The number of carbonyl (C=O) groups excluding carboxylic acids is 1. The molecule has 3 aromatic carbocycles. The number of ether oxygens (including phenoxy) is 2. The molecule has 0 unspecified atom stereocenters. The lowest BCUT2D eigenvalue weighted by molar-refractivity contribution is 0.0188. The number of hydrogen-bond donors (Lipinski definition) is 0. The van der Waals surface area contributed by atoms with Gasteiger partial charge >= 0.3 is 5.97 Å². The highest BCUT2D eigenvalue weighted by Gasteiger charge is 2.30. The number of carbonyl (C=O) groups is 1. The molecule has 0 atom stereocenters. The van der Waals surface area contributed by atoms with Crippen molar-refractivity contribution in [3.63, 3.8) is 0 Å². The topological polar surface area (TPSA) is 35.5 Å². The monoisotopic (exact) mass is 604 g/mol. The summed E-state index contributed by atoms with van der Waals surface area (Å²) in [6, 6.07) is 7.36. The standard InChI is InChI=1S/C34H34F6O3/c1-3-5-7-8-21-11-14-23(29(36)28(21)35)20-9-12-22(13-10-20)43-34(41)26-16-15-24(30(37)32(26)39)25-17-18-27(33(40)31(25)38)42-19-6-4-2/h3,5,11,14-18,20,22H,4,6-10,12-13,19H2,1-2H3. The first-order valence-corrected chi connectivity index (χ1v) is 14.6. The van der Waals surface area contributed by atoms with Crippen molar-refractivity contribution in [2.75, 3.05) is 6.61 Å². The average molecular weight is 605 g/mol. The van der Waals surface area contributed by atoms with E-state index in [1.54, 1.807) is 12.1 Å². The van der Waals surface area contributed by atoms with Crippen LogP contribution in [0, 0.1) is 34.9 Å². The van der Waals surface area contributed by atoms with E-state index in [2.05, 4.69) is 0 Å². The van der Waals surface area contributed by atoms with E-state index in [0.717, 1.165) is 30.7 Å². The van der Waals surface area contributed by atoms with Gasteiger partial charge in [0.15, 0.2) is 34.8 Å². The third-order valence-corrected chi connectivity index (χ3v) is 7.79. The number of allylic oxidation sites excluding steroid dienone is 2. The first-order valence-electron chi connectivity index (χ1n) is 14.6. The summed E-state index contributed by atoms with van der Waals surface area (Å²) in [5.41, 5.74) is -1.20. The Morgan fingerprint density at radius 2 is 1.49 bits per heavy atom. The Balaban J connectivity index is 1.41. The molecule has 3 nitrogen and oxygen atoms in total. The van der Waals surface area contributed by atoms with Gasteiger partial charge in [-0.05, 0) is 87.1 Å². The summed E-state index contributed by atoms with van der Waals surface area (Å²) >= 11 is 0. The molecule has 0 amide bonds. The summed E-state index contributed by atoms with van der Waals surface area (Å²) in [5, 5.41) is 0. The van der Waals surface area contributed by atoms with Crippen LogP contribution in [0.25, 0.3) is 11.1 Å². The molecule has 0 saturated heterocycles. The SMILES string of the molecule is CC=CCCc1ccc(C2CCC(OC(=O)c3ccc(-c4ccc(OCCCC)c(F)c4F)c(F)c3F)CC2)c(F)c1F. The van der Waals surface area contributed by atoms with Crippen LogP contribution < -0.4 is 4.74 Å². The highest BCUT2D eigenvalue weighted by Crippen LogP contribution is 2.37. The highest BCUT2D eigenvalue weighted by molar-refractivity contribution is 5.90. The summed E-state index contributed by atoms with van der Waals surface area (Å²) in [6.07, 6.45) is 6.96. The maximum atomic E-state index is 15.0. The van der Waals surface area contributed by atoms with Crippen LogP contribution in [-0.4, -0.2) is 18.7 Å². The van der Waals surface area contributed by atoms with Gasteiger partial charge in [0.05, 0.1) is 12.2 Å². The van der Waals surface area contributed by atoms with Gasteiger partial charge in [0.25, 0.3) is 0 Å². The maximum Gasteiger partial charge on any atom is 0.341 e. The van der Waals surface area contributed by atoms with Crippen LogP contribution in [0.15, 0.2) is 48.6 Å². The number of unbranched alkanes of at least 4 members (excludes halogenated alkanes) is 1. The molecule has 1 aliphatic rings. The van der Waals surface area contributed by atoms with Crippen LogP contribution in [0.4, 0.5) is 26.3 Å². The van der Waals surface area contributed by atoms with Gasteiger partial charge < -0.3 is 9.47 Å². The Morgan fingerprint density at radius 3 is 2.16 bits per heavy atom. The van der Waals surface area contributed by atoms with Crippen molar-refractivity contribution >= 4 is 5.97 Å². The molecule has 0 radical (unpaired) electrons. The summed E-state index contributed by atoms with van der Waals surface area (Å²) < 4.78 is 99.3. The van der Waals surface area contributed by atoms with Crippen LogP contribution in [0.1, 0.15) is 86.2 Å². The molecule has 1 fully saturated rings. The highest BCUT2D eigenvalue weighted by atomic mass is 19.2. The predicted octanol–water partition coefficient (Wildman–Crippen LogP) is 9.76. The number of hydrogen-bond acceptors (Lipinski definition) is 3. The van der Waals surface area contributed by atoms with Crippen LogP contribution in [0.2, 0.25) is 0 Å². The van der Waals surface area contributed by atoms with Crippen molar-refractivity contribution in [1.29, 1.82) is 0 Å². The summed E-state index contributed by atoms with van der Waals surface area (Å²) in [5.74, 6) is -9.25. The third kappa shape index (κ3) is 7.25. The van der Waals surface area contributed by atoms with E-state index in [-0.39, 0.29) is 23.8 Å². The normalized spacial score (nSPS) is 16.9. The molecular weight excluding hydrogens is 570 g/mol. The van der Waals surface area contributed by atoms with E-state index in [4.69, 9.17) is 9.47 Å². The van der Waals surface area contributed by atoms with Crippen molar-refractivity contribution < 1.29 is 40.6 Å². The second-order valence-corrected chi connectivity index (χ2v) is 10.7. The minimum atomic E-state index is -1.55. The van der Waals surface area contributed by atoms with Crippen molar-refractivity contribution in [2.45, 2.75) is 77.2 Å². The third-order valence-electron chi connectivity index (χ3n) is 7.79. The molecule has 1 aliphatic carbocycles. The minimum absolute atomic E-state index is 0.174. The zero-order valence-electron chi connectivity index (χ0n) is 24.1. The zero-order valence-corrected chi connectivity index (χ0v) is 24.1. The fourth-order valence-corrected chi connectivity index (χ4v) is 5.32. The van der Waals surface area contributed by atoms with Gasteiger partial charge in [0.2, 0.25) is 5.82 Å². The lowest BCUT2D eigenvalue weighted by atomic mass is 9.82. The van der Waals surface area contributed by atoms with E-state index in [1.807, 2.05) is 26.0 Å². The van der Waals surface area contributed by atoms with Gasteiger partial charge in [-0.15, -0.1) is 0 Å². The van der Waals surface area contributed by atoms with Crippen molar-refractivity contribution in [3.8, 4) is 16.9 Å². The van der Waals surface area contributed by atoms with Gasteiger partial charge in [-0.25, -0.2) is 26.7 Å². The quantitative estimate of drug-likeness (QED) is 0.0946. The summed E-state index contributed by atoms with van der Waals surface area (Å²) in [7, 11) is 0. The fraction of sp³-hybridized carbons (Fsp3) is 0.382. The van der Waals surface area contributed by atoms with Crippen LogP contribution in [-0.2, 0) is 11.2 Å². The van der Waals surface area contributed by atoms with E-state index < -0.39 is 63.7 Å². The van der Waals surface area contributed by atoms with Gasteiger partial charge in [-0.2, -0.15) is 4.39 Å². The van der Waals surface area contributed by atoms with Gasteiger partial charge in [-0.1, -0.05) is 43.7 Å². The van der Waals surface area contributed by atoms with Gasteiger partial charge in [0, 0.05) is 11.1 Å². The molecule has 1 saturated carbocycles. The van der Waals surface area contributed by atoms with E-state index in [0.29, 0.717) is 50.5 Å². The molecule has 0 heterocycles. The molecule has 0 bridgehead atoms. The van der Waals surface area contributed by atoms with Crippen molar-refractivity contribution in [3.05, 3.63) is 100 Å². The van der Waals surface area contributed by atoms with E-state index in [9.17, 15) is 31.1 Å². The number of aryl methyl sites for hydroxylation is 1. The smallest absolute Gasteiger partial charge is 0.341 e. The lowest BCUT2D eigenvalue weighted by Gasteiger charge is -2.29. The molecular formula is C34H34F6O3. The second-order valence-electron chi connectivity index (χ2n) is 10.7. The van der Waals surface area contributed by atoms with Crippen LogP contribution >= 0.6 is 0 Å². The van der Waals surface area contributed by atoms with Crippen molar-refractivity contribution in [2.24, 2.45) is 0 Å². The Hall–Kier alpha value is -3.75. The maximum absolute atomic E-state index is 15.0. The molecule has 0 spiro atoms. The Kier molecular flexibility index (Phi) is 10.9. The molecule has 43 heavy (non-hydrogen) atoms. The van der Waals surface area contributed by atoms with Gasteiger partial charge in [0.1, 0.15) is 6.10 Å². The molecule has 0 N–H and O–H groups in total. The van der Waals surface area contributed by atoms with E-state index >= 15 is 0 Å². The lowest BCUT2D eigenvalue weighted by Crippen LogP contribution is -2.25. The number of halogens is 6. The van der Waals surface area contributed by atoms with Crippen molar-refractivity contribution in [1.82, 2.24) is 0 Å². The zero-order chi connectivity index (χ0) is 31.1. The van der Waals surface area contributed by atoms with Gasteiger partial charge in [-0.3, -0.25) is 0 Å². The number of esters is 1. The Morgan fingerprint density at radius 1 is 0.814 bits per heavy atom. The average Bonchev–Trinajstić information content (AvgIpc) is 3.00. The Labute approximate surface area is 247 Å². The first kappa shape index (κ1) is 32.2. The Bertz CT molecular complexity index is 1480. The van der Waals surface area contributed by atoms with Crippen LogP contribution in [0.3, 0.4) is 0 Å². The van der Waals surface area contributed by atoms with Crippen LogP contribution in [0.5, 0.6) is 5.75 Å². The summed E-state index contributed by atoms with van der Waals surface area (Å²) in [6.45, 7) is 3.94. The molecule has 9 heteroatoms. The minimum Gasteiger partial charge on any atom is -0.490 e.